The number of anilines is 2. The summed E-state index contributed by atoms with van der Waals surface area (Å²) in [4.78, 5) is 24.8. The maximum Gasteiger partial charge on any atom is 0.255 e. The summed E-state index contributed by atoms with van der Waals surface area (Å²) in [5.74, 6) is -1.02. The maximum absolute atomic E-state index is 12.4. The fraction of sp³-hybridized carbons (Fsp3) is 0. The molecule has 0 unspecified atom stereocenters. The van der Waals surface area contributed by atoms with Crippen molar-refractivity contribution in [1.82, 2.24) is 0 Å². The fourth-order valence-electron chi connectivity index (χ4n) is 1.81. The second kappa shape index (κ2) is 7.38. The Bertz CT molecular complexity index is 664. The Morgan fingerprint density at radius 3 is 1.59 bits per heavy atom. The molecule has 2 amide bonds. The van der Waals surface area contributed by atoms with Crippen molar-refractivity contribution in [2.75, 3.05) is 4.90 Å². The lowest BCUT2D eigenvalue weighted by atomic mass is 10.2. The van der Waals surface area contributed by atoms with Crippen LogP contribution in [0.2, 0.25) is 0 Å². The number of hydrogen-bond donors (Lipinski definition) is 1. The Kier molecular flexibility index (Phi) is 5.51. The predicted octanol–water partition coefficient (Wildman–Crippen LogP) is 3.92. The molecule has 0 aliphatic carbocycles. The average molecular weight is 424 g/mol. The van der Waals surface area contributed by atoms with Gasteiger partial charge in [0.15, 0.2) is 0 Å². The summed E-state index contributed by atoms with van der Waals surface area (Å²) in [6.07, 6.45) is 2.21. The minimum absolute atomic E-state index is 0.358. The number of hydrogen-bond acceptors (Lipinski definition) is 2. The standard InChI is InChI=1S/C16H12Br2N2O2/c17-11-1-5-13(6-2-11)20(16(22)10-9-15(19)21)14-7-3-12(18)4-8-14/h1-10H,(H2,19,21)/b10-9+. The first-order chi connectivity index (χ1) is 10.5. The van der Waals surface area contributed by atoms with Crippen LogP contribution in [0.3, 0.4) is 0 Å². The van der Waals surface area contributed by atoms with E-state index in [9.17, 15) is 9.59 Å². The number of carbonyl (C=O) groups excluding carboxylic acids is 2. The third-order valence-electron chi connectivity index (χ3n) is 2.78. The number of rotatable bonds is 4. The SMILES string of the molecule is NC(=O)/C=C/C(=O)N(c1ccc(Br)cc1)c1ccc(Br)cc1. The van der Waals surface area contributed by atoms with Gasteiger partial charge in [-0.1, -0.05) is 31.9 Å². The first-order valence-electron chi connectivity index (χ1n) is 6.30. The van der Waals surface area contributed by atoms with Crippen molar-refractivity contribution >= 4 is 55.0 Å². The van der Waals surface area contributed by atoms with Gasteiger partial charge in [0.2, 0.25) is 5.91 Å². The number of halogens is 2. The van der Waals surface area contributed by atoms with E-state index in [0.717, 1.165) is 21.1 Å². The third kappa shape index (κ3) is 4.29. The molecule has 0 saturated heterocycles. The zero-order chi connectivity index (χ0) is 16.1. The quantitative estimate of drug-likeness (QED) is 0.757. The minimum atomic E-state index is -0.667. The summed E-state index contributed by atoms with van der Waals surface area (Å²) in [7, 11) is 0. The molecule has 2 rings (SSSR count). The summed E-state index contributed by atoms with van der Waals surface area (Å²) in [6.45, 7) is 0. The van der Waals surface area contributed by atoms with Gasteiger partial charge in [0.25, 0.3) is 5.91 Å². The van der Waals surface area contributed by atoms with Crippen molar-refractivity contribution in [2.24, 2.45) is 5.73 Å². The van der Waals surface area contributed by atoms with E-state index in [2.05, 4.69) is 31.9 Å². The van der Waals surface area contributed by atoms with Crippen molar-refractivity contribution in [3.8, 4) is 0 Å². The first-order valence-corrected chi connectivity index (χ1v) is 7.89. The highest BCUT2D eigenvalue weighted by Gasteiger charge is 2.15. The van der Waals surface area contributed by atoms with E-state index in [0.29, 0.717) is 11.4 Å². The van der Waals surface area contributed by atoms with Crippen LogP contribution < -0.4 is 10.6 Å². The molecule has 22 heavy (non-hydrogen) atoms. The van der Waals surface area contributed by atoms with Crippen molar-refractivity contribution < 1.29 is 9.59 Å². The van der Waals surface area contributed by atoms with Gasteiger partial charge in [-0.15, -0.1) is 0 Å². The third-order valence-corrected chi connectivity index (χ3v) is 3.84. The number of amides is 2. The Balaban J connectivity index is 2.44. The summed E-state index contributed by atoms with van der Waals surface area (Å²) >= 11 is 6.72. The lowest BCUT2D eigenvalue weighted by Crippen LogP contribution is -2.24. The van der Waals surface area contributed by atoms with Crippen LogP contribution in [0.4, 0.5) is 11.4 Å². The van der Waals surface area contributed by atoms with Gasteiger partial charge in [-0.25, -0.2) is 0 Å². The topological polar surface area (TPSA) is 63.4 Å². The van der Waals surface area contributed by atoms with Gasteiger partial charge in [0.1, 0.15) is 0 Å². The highest BCUT2D eigenvalue weighted by atomic mass is 79.9. The second-order valence-electron chi connectivity index (χ2n) is 4.36. The van der Waals surface area contributed by atoms with Crippen LogP contribution in [0.5, 0.6) is 0 Å². The zero-order valence-electron chi connectivity index (χ0n) is 11.4. The van der Waals surface area contributed by atoms with Crippen LogP contribution in [-0.2, 0) is 9.59 Å². The number of carbonyl (C=O) groups is 2. The lowest BCUT2D eigenvalue weighted by Gasteiger charge is -2.21. The molecule has 6 heteroatoms. The lowest BCUT2D eigenvalue weighted by molar-refractivity contribution is -0.115. The van der Waals surface area contributed by atoms with Gasteiger partial charge in [0.05, 0.1) is 0 Å². The molecule has 4 nitrogen and oxygen atoms in total. The maximum atomic E-state index is 12.4. The molecule has 0 saturated carbocycles. The van der Waals surface area contributed by atoms with E-state index in [1.54, 1.807) is 0 Å². The number of nitrogens with two attached hydrogens (primary N) is 1. The van der Waals surface area contributed by atoms with Gasteiger partial charge in [0, 0.05) is 32.5 Å². The molecule has 0 heterocycles. The highest BCUT2D eigenvalue weighted by molar-refractivity contribution is 9.10. The summed E-state index contributed by atoms with van der Waals surface area (Å²) in [5, 5.41) is 0. The van der Waals surface area contributed by atoms with E-state index in [1.165, 1.54) is 4.90 Å². The molecular weight excluding hydrogens is 412 g/mol. The van der Waals surface area contributed by atoms with E-state index < -0.39 is 5.91 Å². The minimum Gasteiger partial charge on any atom is -0.366 e. The summed E-state index contributed by atoms with van der Waals surface area (Å²) in [5.41, 5.74) is 6.42. The van der Waals surface area contributed by atoms with Gasteiger partial charge in [-0.05, 0) is 48.5 Å². The zero-order valence-corrected chi connectivity index (χ0v) is 14.5. The number of primary amides is 1. The molecule has 2 aromatic rings. The molecule has 2 aromatic carbocycles. The van der Waals surface area contributed by atoms with Crippen LogP contribution in [0.25, 0.3) is 0 Å². The Morgan fingerprint density at radius 2 is 1.23 bits per heavy atom. The summed E-state index contributed by atoms with van der Waals surface area (Å²) in [6, 6.07) is 14.6. The van der Waals surface area contributed by atoms with Gasteiger partial charge >= 0.3 is 0 Å². The highest BCUT2D eigenvalue weighted by Crippen LogP contribution is 2.28. The van der Waals surface area contributed by atoms with Crippen molar-refractivity contribution in [3.63, 3.8) is 0 Å². The van der Waals surface area contributed by atoms with E-state index in [4.69, 9.17) is 5.73 Å². The van der Waals surface area contributed by atoms with Crippen molar-refractivity contribution in [3.05, 3.63) is 69.6 Å². The molecule has 0 aromatic heterocycles. The molecule has 2 N–H and O–H groups in total. The van der Waals surface area contributed by atoms with Crippen molar-refractivity contribution in [1.29, 1.82) is 0 Å². The van der Waals surface area contributed by atoms with Gasteiger partial charge in [-0.2, -0.15) is 0 Å². The molecule has 0 aliphatic heterocycles. The van der Waals surface area contributed by atoms with Crippen LogP contribution in [-0.4, -0.2) is 11.8 Å². The second-order valence-corrected chi connectivity index (χ2v) is 6.19. The molecule has 0 radical (unpaired) electrons. The Hall–Kier alpha value is -1.92. The molecule has 0 aliphatic rings. The monoisotopic (exact) mass is 422 g/mol. The average Bonchev–Trinajstić information content (AvgIpc) is 2.49. The molecule has 0 spiro atoms. The van der Waals surface area contributed by atoms with E-state index >= 15 is 0 Å². The first kappa shape index (κ1) is 16.5. The molecule has 112 valence electrons. The van der Waals surface area contributed by atoms with Crippen LogP contribution in [0, 0.1) is 0 Å². The summed E-state index contributed by atoms with van der Waals surface area (Å²) < 4.78 is 1.82. The van der Waals surface area contributed by atoms with Crippen molar-refractivity contribution in [2.45, 2.75) is 0 Å². The molecular formula is C16H12Br2N2O2. The fourth-order valence-corrected chi connectivity index (χ4v) is 2.34. The Labute approximate surface area is 144 Å². The number of benzene rings is 2. The number of nitrogens with zero attached hydrogens (tertiary/aromatic N) is 1. The predicted molar refractivity (Wildman–Crippen MR) is 93.8 cm³/mol. The Morgan fingerprint density at radius 1 is 0.818 bits per heavy atom. The van der Waals surface area contributed by atoms with Gasteiger partial charge in [-0.3, -0.25) is 14.5 Å². The largest absolute Gasteiger partial charge is 0.366 e. The molecule has 0 bridgehead atoms. The van der Waals surface area contributed by atoms with E-state index in [-0.39, 0.29) is 5.91 Å². The van der Waals surface area contributed by atoms with Gasteiger partial charge < -0.3 is 5.73 Å². The van der Waals surface area contributed by atoms with E-state index in [1.807, 2.05) is 48.5 Å². The van der Waals surface area contributed by atoms with Crippen LogP contribution in [0.15, 0.2) is 69.6 Å². The molecule has 0 atom stereocenters. The smallest absolute Gasteiger partial charge is 0.255 e. The van der Waals surface area contributed by atoms with Crippen LogP contribution in [0.1, 0.15) is 0 Å². The normalized spacial score (nSPS) is 10.6. The molecule has 0 fully saturated rings. The van der Waals surface area contributed by atoms with Crippen LogP contribution >= 0.6 is 31.9 Å².